The lowest BCUT2D eigenvalue weighted by Crippen LogP contribution is -2.48. The molecule has 2 aromatic carbocycles. The molecule has 28 heavy (non-hydrogen) atoms. The number of hydrogen-bond donors (Lipinski definition) is 1. The summed E-state index contributed by atoms with van der Waals surface area (Å²) in [6.45, 7) is 3.86. The fourth-order valence-electron chi connectivity index (χ4n) is 2.76. The van der Waals surface area contributed by atoms with Crippen molar-refractivity contribution in [1.82, 2.24) is 5.32 Å². The Hall–Kier alpha value is -2.19. The van der Waals surface area contributed by atoms with Gasteiger partial charge in [-0.1, -0.05) is 24.3 Å². The van der Waals surface area contributed by atoms with Gasteiger partial charge in [0.05, 0.1) is 19.1 Å². The number of amides is 1. The topological polar surface area (TPSA) is 75.7 Å². The van der Waals surface area contributed by atoms with Crippen molar-refractivity contribution >= 4 is 33.4 Å². The summed E-state index contributed by atoms with van der Waals surface area (Å²) in [6, 6.07) is 14.2. The number of rotatable bonds is 9. The molecule has 0 aliphatic rings. The van der Waals surface area contributed by atoms with Crippen molar-refractivity contribution in [2.75, 3.05) is 30.0 Å². The quantitative estimate of drug-likeness (QED) is 0.497. The number of thioether (sulfide) groups is 1. The summed E-state index contributed by atoms with van der Waals surface area (Å²) in [5.74, 6) is 0.729. The van der Waals surface area contributed by atoms with Crippen LogP contribution in [0, 0.1) is 6.92 Å². The number of hydrogen-bond acceptors (Lipinski definition) is 5. The second-order valence-electron chi connectivity index (χ2n) is 6.36. The number of benzene rings is 2. The molecule has 0 radical (unpaired) electrons. The van der Waals surface area contributed by atoms with Crippen molar-refractivity contribution in [2.45, 2.75) is 24.8 Å². The van der Waals surface area contributed by atoms with Gasteiger partial charge in [0.25, 0.3) is 0 Å². The van der Waals surface area contributed by atoms with Crippen molar-refractivity contribution in [2.24, 2.45) is 0 Å². The average Bonchev–Trinajstić information content (AvgIpc) is 2.65. The first kappa shape index (κ1) is 22.1. The van der Waals surface area contributed by atoms with Crippen LogP contribution in [-0.2, 0) is 14.8 Å². The zero-order valence-electron chi connectivity index (χ0n) is 16.5. The second-order valence-corrected chi connectivity index (χ2v) is 9.39. The van der Waals surface area contributed by atoms with Crippen LogP contribution < -0.4 is 14.4 Å². The Bertz CT molecular complexity index is 902. The molecule has 1 amide bonds. The van der Waals surface area contributed by atoms with Gasteiger partial charge in [0, 0.05) is 17.2 Å². The molecule has 0 fully saturated rings. The SMILES string of the molecule is COc1ccc(C)cc1N([C@H](C)C(=O)NCCSc1ccccc1)S(C)(=O)=O. The molecule has 0 bridgehead atoms. The zero-order chi connectivity index (χ0) is 20.7. The molecule has 0 heterocycles. The van der Waals surface area contributed by atoms with E-state index in [2.05, 4.69) is 5.32 Å². The normalized spacial score (nSPS) is 12.3. The Morgan fingerprint density at radius 3 is 2.50 bits per heavy atom. The maximum atomic E-state index is 12.6. The molecule has 2 rings (SSSR count). The van der Waals surface area contributed by atoms with Crippen LogP contribution >= 0.6 is 11.8 Å². The number of aryl methyl sites for hydroxylation is 1. The highest BCUT2D eigenvalue weighted by molar-refractivity contribution is 7.99. The van der Waals surface area contributed by atoms with Gasteiger partial charge in [0.15, 0.2) is 0 Å². The molecule has 2 aromatic rings. The van der Waals surface area contributed by atoms with Crippen LogP contribution in [0.3, 0.4) is 0 Å². The summed E-state index contributed by atoms with van der Waals surface area (Å²) in [4.78, 5) is 13.8. The van der Waals surface area contributed by atoms with Gasteiger partial charge in [-0.3, -0.25) is 9.10 Å². The van der Waals surface area contributed by atoms with E-state index in [1.807, 2.05) is 43.3 Å². The van der Waals surface area contributed by atoms with E-state index in [9.17, 15) is 13.2 Å². The van der Waals surface area contributed by atoms with Crippen molar-refractivity contribution in [3.8, 4) is 5.75 Å². The number of nitrogens with one attached hydrogen (secondary N) is 1. The fourth-order valence-corrected chi connectivity index (χ4v) is 4.72. The molecule has 0 unspecified atom stereocenters. The highest BCUT2D eigenvalue weighted by Crippen LogP contribution is 2.32. The van der Waals surface area contributed by atoms with Gasteiger partial charge >= 0.3 is 0 Å². The van der Waals surface area contributed by atoms with Gasteiger partial charge < -0.3 is 10.1 Å². The van der Waals surface area contributed by atoms with E-state index < -0.39 is 16.1 Å². The van der Waals surface area contributed by atoms with Gasteiger partial charge in [-0.25, -0.2) is 8.42 Å². The van der Waals surface area contributed by atoms with E-state index in [0.717, 1.165) is 21.0 Å². The first-order valence-corrected chi connectivity index (χ1v) is 11.7. The molecule has 0 saturated carbocycles. The average molecular weight is 423 g/mol. The number of methoxy groups -OCH3 is 1. The summed E-state index contributed by atoms with van der Waals surface area (Å²) in [5, 5.41) is 2.82. The van der Waals surface area contributed by atoms with Crippen LogP contribution in [0.15, 0.2) is 53.4 Å². The van der Waals surface area contributed by atoms with Crippen LogP contribution in [-0.4, -0.2) is 46.0 Å². The third kappa shape index (κ3) is 5.90. The van der Waals surface area contributed by atoms with Gasteiger partial charge in [0.1, 0.15) is 11.8 Å². The fraction of sp³-hybridized carbons (Fsp3) is 0.350. The molecule has 0 aromatic heterocycles. The lowest BCUT2D eigenvalue weighted by Gasteiger charge is -2.29. The molecular formula is C20H26N2O4S2. The number of nitrogens with zero attached hydrogens (tertiary/aromatic N) is 1. The van der Waals surface area contributed by atoms with Crippen molar-refractivity contribution < 1.29 is 17.9 Å². The predicted octanol–water partition coefficient (Wildman–Crippen LogP) is 3.07. The molecule has 0 aliphatic heterocycles. The van der Waals surface area contributed by atoms with Crippen LogP contribution in [0.4, 0.5) is 5.69 Å². The lowest BCUT2D eigenvalue weighted by atomic mass is 10.2. The maximum absolute atomic E-state index is 12.6. The Morgan fingerprint density at radius 2 is 1.89 bits per heavy atom. The van der Waals surface area contributed by atoms with E-state index in [1.165, 1.54) is 7.11 Å². The minimum atomic E-state index is -3.70. The van der Waals surface area contributed by atoms with E-state index in [4.69, 9.17) is 4.74 Å². The monoisotopic (exact) mass is 422 g/mol. The van der Waals surface area contributed by atoms with Crippen molar-refractivity contribution in [1.29, 1.82) is 0 Å². The summed E-state index contributed by atoms with van der Waals surface area (Å²) < 4.78 is 31.3. The van der Waals surface area contributed by atoms with E-state index >= 15 is 0 Å². The first-order valence-electron chi connectivity index (χ1n) is 8.83. The van der Waals surface area contributed by atoms with Gasteiger partial charge in [-0.2, -0.15) is 0 Å². The predicted molar refractivity (Wildman–Crippen MR) is 115 cm³/mol. The molecule has 152 valence electrons. The van der Waals surface area contributed by atoms with E-state index in [0.29, 0.717) is 23.7 Å². The molecule has 1 N–H and O–H groups in total. The van der Waals surface area contributed by atoms with Crippen LogP contribution in [0.1, 0.15) is 12.5 Å². The van der Waals surface area contributed by atoms with E-state index in [1.54, 1.807) is 30.8 Å². The molecule has 8 heteroatoms. The third-order valence-corrected chi connectivity index (χ3v) is 6.31. The number of anilines is 1. The Kier molecular flexibility index (Phi) is 7.77. The number of sulfonamides is 1. The first-order chi connectivity index (χ1) is 13.2. The molecule has 0 saturated heterocycles. The molecule has 0 spiro atoms. The molecule has 6 nitrogen and oxygen atoms in total. The standard InChI is InChI=1S/C20H26N2O4S2/c1-15-10-11-19(26-3)18(14-15)22(28(4,24)25)16(2)20(23)21-12-13-27-17-8-6-5-7-9-17/h5-11,14,16H,12-13H2,1-4H3,(H,21,23)/t16-/m1/s1. The highest BCUT2D eigenvalue weighted by Gasteiger charge is 2.31. The largest absolute Gasteiger partial charge is 0.495 e. The van der Waals surface area contributed by atoms with Gasteiger partial charge in [-0.15, -0.1) is 11.8 Å². The Morgan fingerprint density at radius 1 is 1.21 bits per heavy atom. The molecular weight excluding hydrogens is 396 g/mol. The zero-order valence-corrected chi connectivity index (χ0v) is 18.1. The van der Waals surface area contributed by atoms with Gasteiger partial charge in [0.2, 0.25) is 15.9 Å². The minimum Gasteiger partial charge on any atom is -0.495 e. The van der Waals surface area contributed by atoms with Crippen molar-refractivity contribution in [3.05, 3.63) is 54.1 Å². The maximum Gasteiger partial charge on any atom is 0.243 e. The summed E-state index contributed by atoms with van der Waals surface area (Å²) in [6.07, 6.45) is 1.09. The second kappa shape index (κ2) is 9.84. The minimum absolute atomic E-state index is 0.353. The summed E-state index contributed by atoms with van der Waals surface area (Å²) >= 11 is 1.63. The Balaban J connectivity index is 2.09. The third-order valence-electron chi connectivity index (χ3n) is 4.07. The van der Waals surface area contributed by atoms with Crippen LogP contribution in [0.5, 0.6) is 5.75 Å². The Labute approximate surface area is 171 Å². The van der Waals surface area contributed by atoms with E-state index in [-0.39, 0.29) is 5.91 Å². The molecule has 1 atom stereocenters. The highest BCUT2D eigenvalue weighted by atomic mass is 32.2. The lowest BCUT2D eigenvalue weighted by molar-refractivity contribution is -0.121. The number of ether oxygens (including phenoxy) is 1. The van der Waals surface area contributed by atoms with Crippen LogP contribution in [0.25, 0.3) is 0 Å². The van der Waals surface area contributed by atoms with Crippen LogP contribution in [0.2, 0.25) is 0 Å². The van der Waals surface area contributed by atoms with Gasteiger partial charge in [-0.05, 0) is 43.7 Å². The summed E-state index contributed by atoms with van der Waals surface area (Å²) in [5.41, 5.74) is 1.22. The molecule has 0 aliphatic carbocycles. The smallest absolute Gasteiger partial charge is 0.243 e. The number of carbonyl (C=O) groups is 1. The summed E-state index contributed by atoms with van der Waals surface area (Å²) in [7, 11) is -2.23. The van der Waals surface area contributed by atoms with Crippen molar-refractivity contribution in [3.63, 3.8) is 0 Å². The number of carbonyl (C=O) groups excluding carboxylic acids is 1.